The molecule has 2 rings (SSSR count). The molecule has 1 aromatic heterocycles. The lowest BCUT2D eigenvalue weighted by atomic mass is 9.95. The van der Waals surface area contributed by atoms with E-state index in [9.17, 15) is 9.59 Å². The van der Waals surface area contributed by atoms with Crippen LogP contribution in [0.2, 0.25) is 0 Å². The van der Waals surface area contributed by atoms with E-state index in [4.69, 9.17) is 4.74 Å². The summed E-state index contributed by atoms with van der Waals surface area (Å²) in [6.45, 7) is 4.12. The number of hydrogen-bond acceptors (Lipinski definition) is 4. The van der Waals surface area contributed by atoms with Crippen molar-refractivity contribution >= 4 is 17.7 Å². The number of carbonyl (C=O) groups is 2. The second-order valence-electron chi connectivity index (χ2n) is 5.57. The van der Waals surface area contributed by atoms with Gasteiger partial charge in [0.1, 0.15) is 5.82 Å². The van der Waals surface area contributed by atoms with E-state index in [-0.39, 0.29) is 29.8 Å². The van der Waals surface area contributed by atoms with Crippen LogP contribution in [0.5, 0.6) is 0 Å². The summed E-state index contributed by atoms with van der Waals surface area (Å²) < 4.78 is 6.60. The van der Waals surface area contributed by atoms with Crippen molar-refractivity contribution in [3.05, 3.63) is 12.3 Å². The number of nitrogens with one attached hydrogen (secondary N) is 1. The van der Waals surface area contributed by atoms with Crippen LogP contribution in [0, 0.1) is 11.8 Å². The van der Waals surface area contributed by atoms with Crippen LogP contribution < -0.4 is 5.32 Å². The van der Waals surface area contributed by atoms with Crippen LogP contribution >= 0.6 is 0 Å². The minimum Gasteiger partial charge on any atom is -0.469 e. The molecule has 3 atom stereocenters. The quantitative estimate of drug-likeness (QED) is 0.846. The van der Waals surface area contributed by atoms with Gasteiger partial charge in [0, 0.05) is 6.07 Å². The molecule has 0 aliphatic heterocycles. The lowest BCUT2D eigenvalue weighted by Gasteiger charge is -2.19. The Kier molecular flexibility index (Phi) is 4.98. The number of aromatic nitrogens is 2. The Morgan fingerprint density at radius 3 is 2.86 bits per heavy atom. The zero-order valence-electron chi connectivity index (χ0n) is 12.8. The third-order valence-electron chi connectivity index (χ3n) is 4.29. The summed E-state index contributed by atoms with van der Waals surface area (Å²) in [5, 5.41) is 7.16. The van der Waals surface area contributed by atoms with Gasteiger partial charge < -0.3 is 10.1 Å². The first-order valence-electron chi connectivity index (χ1n) is 7.50. The normalized spacial score (nSPS) is 22.8. The van der Waals surface area contributed by atoms with E-state index >= 15 is 0 Å². The number of rotatable bonds is 5. The third-order valence-corrected chi connectivity index (χ3v) is 4.29. The zero-order valence-corrected chi connectivity index (χ0v) is 12.8. The zero-order chi connectivity index (χ0) is 15.4. The number of ether oxygens (including phenoxy) is 1. The van der Waals surface area contributed by atoms with Gasteiger partial charge in [0.2, 0.25) is 5.91 Å². The molecular formula is C15H23N3O3. The SMILES string of the molecule is CC[C@H](C)n1nccc1NC(=O)[C@H]1CCC[C@@H]1C(=O)OC. The summed E-state index contributed by atoms with van der Waals surface area (Å²) in [6.07, 6.45) is 4.92. The molecule has 6 heteroatoms. The first-order valence-corrected chi connectivity index (χ1v) is 7.50. The van der Waals surface area contributed by atoms with Gasteiger partial charge in [0.05, 0.1) is 31.2 Å². The Balaban J connectivity index is 2.08. The number of esters is 1. The Labute approximate surface area is 124 Å². The molecule has 1 N–H and O–H groups in total. The number of amides is 1. The third kappa shape index (κ3) is 3.25. The van der Waals surface area contributed by atoms with Crippen molar-refractivity contribution < 1.29 is 14.3 Å². The largest absolute Gasteiger partial charge is 0.469 e. The topological polar surface area (TPSA) is 73.2 Å². The highest BCUT2D eigenvalue weighted by Crippen LogP contribution is 2.33. The summed E-state index contributed by atoms with van der Waals surface area (Å²) in [4.78, 5) is 24.2. The minimum atomic E-state index is -0.324. The van der Waals surface area contributed by atoms with Crippen molar-refractivity contribution in [2.75, 3.05) is 12.4 Å². The molecule has 0 saturated heterocycles. The van der Waals surface area contributed by atoms with Crippen molar-refractivity contribution in [3.63, 3.8) is 0 Å². The second-order valence-corrected chi connectivity index (χ2v) is 5.57. The Morgan fingerprint density at radius 2 is 2.19 bits per heavy atom. The van der Waals surface area contributed by atoms with E-state index in [1.165, 1.54) is 7.11 Å². The average molecular weight is 293 g/mol. The van der Waals surface area contributed by atoms with Crippen LogP contribution in [0.3, 0.4) is 0 Å². The van der Waals surface area contributed by atoms with Crippen LogP contribution in [0.25, 0.3) is 0 Å². The molecule has 21 heavy (non-hydrogen) atoms. The first kappa shape index (κ1) is 15.5. The molecule has 0 radical (unpaired) electrons. The maximum atomic E-state index is 12.4. The molecule has 1 fully saturated rings. The minimum absolute atomic E-state index is 0.118. The van der Waals surface area contributed by atoms with Crippen LogP contribution in [-0.4, -0.2) is 28.8 Å². The molecule has 1 aromatic rings. The van der Waals surface area contributed by atoms with Gasteiger partial charge in [-0.25, -0.2) is 4.68 Å². The summed E-state index contributed by atoms with van der Waals surface area (Å²) in [5.41, 5.74) is 0. The fourth-order valence-electron chi connectivity index (χ4n) is 2.86. The van der Waals surface area contributed by atoms with E-state index in [0.717, 1.165) is 25.7 Å². The van der Waals surface area contributed by atoms with Gasteiger partial charge in [-0.15, -0.1) is 0 Å². The van der Waals surface area contributed by atoms with Gasteiger partial charge in [0.15, 0.2) is 0 Å². The highest BCUT2D eigenvalue weighted by molar-refractivity contribution is 5.95. The molecule has 1 amide bonds. The Hall–Kier alpha value is -1.85. The van der Waals surface area contributed by atoms with Gasteiger partial charge in [0.25, 0.3) is 0 Å². The van der Waals surface area contributed by atoms with Gasteiger partial charge in [-0.1, -0.05) is 13.3 Å². The fourth-order valence-corrected chi connectivity index (χ4v) is 2.86. The average Bonchev–Trinajstić information content (AvgIpc) is 3.14. The van der Waals surface area contributed by atoms with E-state index in [0.29, 0.717) is 5.82 Å². The predicted molar refractivity (Wildman–Crippen MR) is 78.7 cm³/mol. The molecule has 1 saturated carbocycles. The van der Waals surface area contributed by atoms with Gasteiger partial charge >= 0.3 is 5.97 Å². The smallest absolute Gasteiger partial charge is 0.309 e. The van der Waals surface area contributed by atoms with Crippen molar-refractivity contribution in [2.45, 2.75) is 45.6 Å². The number of anilines is 1. The van der Waals surface area contributed by atoms with Crippen LogP contribution in [0.1, 0.15) is 45.6 Å². The van der Waals surface area contributed by atoms with Crippen molar-refractivity contribution in [1.82, 2.24) is 9.78 Å². The lowest BCUT2D eigenvalue weighted by Crippen LogP contribution is -2.31. The molecule has 0 aromatic carbocycles. The van der Waals surface area contributed by atoms with Crippen molar-refractivity contribution in [3.8, 4) is 0 Å². The van der Waals surface area contributed by atoms with Crippen molar-refractivity contribution in [2.24, 2.45) is 11.8 Å². The van der Waals surface area contributed by atoms with E-state index in [1.54, 1.807) is 16.9 Å². The summed E-state index contributed by atoms with van der Waals surface area (Å²) in [7, 11) is 1.37. The molecule has 1 heterocycles. The van der Waals surface area contributed by atoms with Gasteiger partial charge in [-0.3, -0.25) is 9.59 Å². The summed E-state index contributed by atoms with van der Waals surface area (Å²) in [6, 6.07) is 2.00. The fraction of sp³-hybridized carbons (Fsp3) is 0.667. The highest BCUT2D eigenvalue weighted by Gasteiger charge is 2.38. The van der Waals surface area contributed by atoms with E-state index in [2.05, 4.69) is 24.3 Å². The molecule has 0 spiro atoms. The maximum absolute atomic E-state index is 12.4. The summed E-state index contributed by atoms with van der Waals surface area (Å²) >= 11 is 0. The molecule has 1 aliphatic rings. The maximum Gasteiger partial charge on any atom is 0.309 e. The van der Waals surface area contributed by atoms with E-state index < -0.39 is 0 Å². The molecule has 116 valence electrons. The number of hydrogen-bond donors (Lipinski definition) is 1. The van der Waals surface area contributed by atoms with E-state index in [1.807, 2.05) is 0 Å². The Bertz CT molecular complexity index is 512. The van der Waals surface area contributed by atoms with Crippen LogP contribution in [0.15, 0.2) is 12.3 Å². The molecule has 0 bridgehead atoms. The van der Waals surface area contributed by atoms with Crippen LogP contribution in [-0.2, 0) is 14.3 Å². The number of methoxy groups -OCH3 is 1. The lowest BCUT2D eigenvalue weighted by molar-refractivity contribution is -0.148. The molecular weight excluding hydrogens is 270 g/mol. The molecule has 1 aliphatic carbocycles. The summed E-state index contributed by atoms with van der Waals surface area (Å²) in [5.74, 6) is -0.353. The number of nitrogens with zero attached hydrogens (tertiary/aromatic N) is 2. The standard InChI is InChI=1S/C15H23N3O3/c1-4-10(2)18-13(8-9-16-18)17-14(19)11-6-5-7-12(11)15(20)21-3/h8-12H,4-7H2,1-3H3,(H,17,19)/t10-,11-,12-/m0/s1. The van der Waals surface area contributed by atoms with Crippen LogP contribution in [0.4, 0.5) is 5.82 Å². The molecule has 0 unspecified atom stereocenters. The Morgan fingerprint density at radius 1 is 1.48 bits per heavy atom. The number of carbonyl (C=O) groups excluding carboxylic acids is 2. The molecule has 6 nitrogen and oxygen atoms in total. The van der Waals surface area contributed by atoms with Gasteiger partial charge in [-0.05, 0) is 26.2 Å². The monoisotopic (exact) mass is 293 g/mol. The first-order chi connectivity index (χ1) is 10.1. The predicted octanol–water partition coefficient (Wildman–Crippen LogP) is 2.38. The van der Waals surface area contributed by atoms with Gasteiger partial charge in [-0.2, -0.15) is 5.10 Å². The second kappa shape index (κ2) is 6.74. The van der Waals surface area contributed by atoms with Crippen molar-refractivity contribution in [1.29, 1.82) is 0 Å². The highest BCUT2D eigenvalue weighted by atomic mass is 16.5.